The van der Waals surface area contributed by atoms with Gasteiger partial charge in [0, 0.05) is 11.4 Å². The first kappa shape index (κ1) is 13.1. The maximum Gasteiger partial charge on any atom is 0.136 e. The molecule has 0 spiro atoms. The van der Waals surface area contributed by atoms with E-state index >= 15 is 0 Å². The standard InChI is InChI=1S/C12H23NOS/c1-9(2)10(12(6)7-8-12)13-15(14)11(3,4)5/h10,13H,1,7-8H2,2-6H3/t10-,15+/m0/s1. The van der Waals surface area contributed by atoms with Gasteiger partial charge in [0.05, 0.1) is 6.04 Å². The molecule has 15 heavy (non-hydrogen) atoms. The molecule has 0 amide bonds. The minimum absolute atomic E-state index is 0.192. The second kappa shape index (κ2) is 4.11. The van der Waals surface area contributed by atoms with Crippen LogP contribution in [0.2, 0.25) is 0 Å². The average Bonchev–Trinajstić information content (AvgIpc) is 2.77. The summed E-state index contributed by atoms with van der Waals surface area (Å²) >= 11 is -1.01. The number of rotatable bonds is 4. The van der Waals surface area contributed by atoms with E-state index in [0.717, 1.165) is 5.57 Å². The molecule has 88 valence electrons. The quantitative estimate of drug-likeness (QED) is 0.594. The maximum absolute atomic E-state index is 12.0. The van der Waals surface area contributed by atoms with E-state index in [0.29, 0.717) is 0 Å². The fourth-order valence-electron chi connectivity index (χ4n) is 1.61. The summed E-state index contributed by atoms with van der Waals surface area (Å²) in [5.74, 6) is 0. The Kier molecular flexibility index (Phi) is 3.59. The summed E-state index contributed by atoms with van der Waals surface area (Å²) in [4.78, 5) is 0. The first-order valence-electron chi connectivity index (χ1n) is 5.50. The molecule has 2 atom stereocenters. The van der Waals surface area contributed by atoms with Crippen molar-refractivity contribution in [1.82, 2.24) is 4.72 Å². The number of nitrogens with one attached hydrogen (secondary N) is 1. The van der Waals surface area contributed by atoms with Crippen LogP contribution < -0.4 is 4.72 Å². The first-order valence-corrected chi connectivity index (χ1v) is 6.65. The van der Waals surface area contributed by atoms with Crippen molar-refractivity contribution in [3.05, 3.63) is 12.2 Å². The van der Waals surface area contributed by atoms with Crippen LogP contribution in [0.15, 0.2) is 12.2 Å². The van der Waals surface area contributed by atoms with Crippen molar-refractivity contribution >= 4 is 11.4 Å². The highest BCUT2D eigenvalue weighted by Crippen LogP contribution is 2.50. The molecular formula is C12H23NOS. The minimum Gasteiger partial charge on any atom is -0.598 e. The lowest BCUT2D eigenvalue weighted by Gasteiger charge is -2.31. The molecule has 0 unspecified atom stereocenters. The Balaban J connectivity index is 2.64. The highest BCUT2D eigenvalue weighted by Gasteiger charge is 2.48. The Morgan fingerprint density at radius 1 is 1.47 bits per heavy atom. The van der Waals surface area contributed by atoms with E-state index in [-0.39, 0.29) is 16.2 Å². The molecule has 1 N–H and O–H groups in total. The van der Waals surface area contributed by atoms with E-state index < -0.39 is 11.4 Å². The second-order valence-corrected chi connectivity index (χ2v) is 7.93. The van der Waals surface area contributed by atoms with Crippen molar-refractivity contribution in [3.63, 3.8) is 0 Å². The van der Waals surface area contributed by atoms with Crippen LogP contribution in [0.5, 0.6) is 0 Å². The molecule has 1 aliphatic rings. The molecule has 0 aliphatic heterocycles. The van der Waals surface area contributed by atoms with Crippen molar-refractivity contribution in [2.45, 2.75) is 58.2 Å². The predicted molar refractivity (Wildman–Crippen MR) is 67.0 cm³/mol. The molecule has 1 aliphatic carbocycles. The van der Waals surface area contributed by atoms with E-state index in [9.17, 15) is 4.55 Å². The fourth-order valence-corrected chi connectivity index (χ4v) is 2.66. The lowest BCUT2D eigenvalue weighted by atomic mass is 9.94. The molecular weight excluding hydrogens is 206 g/mol. The fraction of sp³-hybridized carbons (Fsp3) is 0.833. The van der Waals surface area contributed by atoms with Crippen LogP contribution >= 0.6 is 0 Å². The van der Waals surface area contributed by atoms with Crippen molar-refractivity contribution in [2.24, 2.45) is 5.41 Å². The molecule has 0 bridgehead atoms. The molecule has 1 saturated carbocycles. The summed E-state index contributed by atoms with van der Waals surface area (Å²) in [5, 5.41) is 0. The third kappa shape index (κ3) is 3.23. The van der Waals surface area contributed by atoms with E-state index in [2.05, 4.69) is 18.2 Å². The molecule has 1 fully saturated rings. The Morgan fingerprint density at radius 2 is 1.93 bits per heavy atom. The summed E-state index contributed by atoms with van der Waals surface area (Å²) in [5.41, 5.74) is 1.37. The van der Waals surface area contributed by atoms with Crippen LogP contribution in [0, 0.1) is 5.41 Å². The van der Waals surface area contributed by atoms with Gasteiger partial charge >= 0.3 is 0 Å². The molecule has 0 aromatic rings. The zero-order chi connectivity index (χ0) is 11.9. The van der Waals surface area contributed by atoms with E-state index in [4.69, 9.17) is 0 Å². The van der Waals surface area contributed by atoms with Crippen LogP contribution in [-0.4, -0.2) is 15.3 Å². The monoisotopic (exact) mass is 229 g/mol. The minimum atomic E-state index is -1.01. The van der Waals surface area contributed by atoms with Crippen LogP contribution in [0.3, 0.4) is 0 Å². The molecule has 0 aromatic carbocycles. The third-order valence-electron chi connectivity index (χ3n) is 3.01. The van der Waals surface area contributed by atoms with Gasteiger partial charge in [-0.05, 0) is 46.0 Å². The van der Waals surface area contributed by atoms with Crippen LogP contribution in [0.4, 0.5) is 0 Å². The smallest absolute Gasteiger partial charge is 0.136 e. The highest BCUT2D eigenvalue weighted by atomic mass is 32.2. The summed E-state index contributed by atoms with van der Waals surface area (Å²) < 4.78 is 15.0. The zero-order valence-corrected chi connectivity index (χ0v) is 11.3. The second-order valence-electron chi connectivity index (χ2n) is 5.93. The van der Waals surface area contributed by atoms with E-state index in [1.54, 1.807) is 0 Å². The van der Waals surface area contributed by atoms with Gasteiger partial charge in [0.2, 0.25) is 0 Å². The number of hydrogen-bond acceptors (Lipinski definition) is 2. The lowest BCUT2D eigenvalue weighted by molar-refractivity contribution is 0.437. The summed E-state index contributed by atoms with van der Waals surface area (Å²) in [6.07, 6.45) is 2.41. The van der Waals surface area contributed by atoms with Crippen molar-refractivity contribution < 1.29 is 4.55 Å². The molecule has 0 saturated heterocycles. The lowest BCUT2D eigenvalue weighted by Crippen LogP contribution is -2.48. The largest absolute Gasteiger partial charge is 0.598 e. The molecule has 1 rings (SSSR count). The van der Waals surface area contributed by atoms with Crippen molar-refractivity contribution in [1.29, 1.82) is 0 Å². The zero-order valence-electron chi connectivity index (χ0n) is 10.5. The van der Waals surface area contributed by atoms with E-state index in [1.165, 1.54) is 12.8 Å². The van der Waals surface area contributed by atoms with Crippen LogP contribution in [-0.2, 0) is 11.4 Å². The predicted octanol–water partition coefficient (Wildman–Crippen LogP) is 2.78. The normalized spacial score (nSPS) is 23.3. The van der Waals surface area contributed by atoms with Gasteiger partial charge in [-0.3, -0.25) is 0 Å². The summed E-state index contributed by atoms with van der Waals surface area (Å²) in [7, 11) is 0. The molecule has 0 heterocycles. The van der Waals surface area contributed by atoms with Gasteiger partial charge in [0.25, 0.3) is 0 Å². The van der Waals surface area contributed by atoms with Gasteiger partial charge in [0.1, 0.15) is 4.75 Å². The Labute approximate surface area is 96.8 Å². The van der Waals surface area contributed by atoms with Gasteiger partial charge in [0.15, 0.2) is 0 Å². The van der Waals surface area contributed by atoms with Gasteiger partial charge in [-0.1, -0.05) is 19.1 Å². The van der Waals surface area contributed by atoms with Gasteiger partial charge in [-0.2, -0.15) is 0 Å². The molecule has 0 radical (unpaired) electrons. The molecule has 2 nitrogen and oxygen atoms in total. The average molecular weight is 229 g/mol. The Bertz CT molecular complexity index is 253. The van der Waals surface area contributed by atoms with E-state index in [1.807, 2.05) is 27.7 Å². The molecule has 0 aromatic heterocycles. The summed E-state index contributed by atoms with van der Waals surface area (Å²) in [6, 6.07) is 0.192. The molecule has 3 heteroatoms. The summed E-state index contributed by atoms with van der Waals surface area (Å²) in [6.45, 7) is 14.2. The van der Waals surface area contributed by atoms with Crippen LogP contribution in [0.25, 0.3) is 0 Å². The van der Waals surface area contributed by atoms with Crippen LogP contribution in [0.1, 0.15) is 47.5 Å². The highest BCUT2D eigenvalue weighted by molar-refractivity contribution is 7.90. The van der Waals surface area contributed by atoms with Crippen molar-refractivity contribution in [2.75, 3.05) is 0 Å². The van der Waals surface area contributed by atoms with Gasteiger partial charge in [-0.15, -0.1) is 4.72 Å². The SMILES string of the molecule is C=C(C)[C@H](N[S@+]([O-])C(C)(C)C)C1(C)CC1. The van der Waals surface area contributed by atoms with Gasteiger partial charge < -0.3 is 4.55 Å². The Hall–Kier alpha value is 0.01000. The first-order chi connectivity index (χ1) is 6.67. The van der Waals surface area contributed by atoms with Gasteiger partial charge in [-0.25, -0.2) is 0 Å². The maximum atomic E-state index is 12.0. The van der Waals surface area contributed by atoms with Crippen molar-refractivity contribution in [3.8, 4) is 0 Å². The topological polar surface area (TPSA) is 35.1 Å². The third-order valence-corrected chi connectivity index (χ3v) is 4.57. The Morgan fingerprint density at radius 3 is 2.20 bits per heavy atom. The number of hydrogen-bond donors (Lipinski definition) is 1.